The number of hydrogen-bond donors (Lipinski definition) is 3. The highest BCUT2D eigenvalue weighted by atomic mass is 19.4. The minimum absolute atomic E-state index is 0. The van der Waals surface area contributed by atoms with Crippen molar-refractivity contribution in [2.45, 2.75) is 73.4 Å². The molecule has 0 bridgehead atoms. The number of alkyl halides is 6. The van der Waals surface area contributed by atoms with Gasteiger partial charge in [-0.05, 0) is 35.7 Å². The Morgan fingerprint density at radius 3 is 1.64 bits per heavy atom. The first-order valence-corrected chi connectivity index (χ1v) is 16.3. The molecule has 0 aliphatic heterocycles. The second-order valence-electron chi connectivity index (χ2n) is 12.4. The Balaban J connectivity index is 0.000000853. The summed E-state index contributed by atoms with van der Waals surface area (Å²) in [4.78, 5) is 55.3. The summed E-state index contributed by atoms with van der Waals surface area (Å²) in [6.45, 7) is 5.39. The van der Waals surface area contributed by atoms with Crippen LogP contribution in [0.3, 0.4) is 0 Å². The number of nitrogens with one attached hydrogen (secondary N) is 1. The first-order chi connectivity index (χ1) is 24.9. The Hall–Kier alpha value is -5.26. The van der Waals surface area contributed by atoms with E-state index in [4.69, 9.17) is 10.8 Å². The molecule has 6 atom stereocenters. The molecule has 0 saturated carbocycles. The van der Waals surface area contributed by atoms with Gasteiger partial charge in [-0.25, -0.2) is 0 Å². The molecule has 0 aliphatic carbocycles. The minimum atomic E-state index is -4.63. The summed E-state index contributed by atoms with van der Waals surface area (Å²) in [7, 11) is 0. The van der Waals surface area contributed by atoms with Gasteiger partial charge in [0.2, 0.25) is 5.91 Å². The molecular formula is C37H47F6N3O9. The van der Waals surface area contributed by atoms with Crippen LogP contribution in [-0.4, -0.2) is 59.4 Å². The number of halogens is 6. The van der Waals surface area contributed by atoms with E-state index in [-0.39, 0.29) is 19.2 Å². The standard InChI is InChI=1S/C16H19F3N2O5.C12H13N.C8H11F3O4.CH4/c1-9(10(2)15(23)26-8-16(17,18)19)14(22)20-11(3)12-4-6-13(7-5-12)21(24)25;1-9(13)11-8-4-6-10-5-2-3-7-12(10)11;1-4(6(12)13)5(2)7(14)15-3-8(9,10)11;/h4-7,9-11H,8H2,1-3H3,(H,20,22);2-9H,13H2,1H3;4-5H,3H2,1-2H3,(H,12,13);1H4/t9-,10-,11+;9-;4-,5+;/m011./s1. The number of carbonyl (C=O) groups excluding carboxylic acids is 3. The molecule has 4 N–H and O–H groups in total. The van der Waals surface area contributed by atoms with E-state index in [1.165, 1.54) is 68.3 Å². The van der Waals surface area contributed by atoms with Gasteiger partial charge in [0.15, 0.2) is 13.2 Å². The third-order valence-corrected chi connectivity index (χ3v) is 8.08. The average molecular weight is 792 g/mol. The lowest BCUT2D eigenvalue weighted by Gasteiger charge is -2.21. The fourth-order valence-electron chi connectivity index (χ4n) is 4.38. The van der Waals surface area contributed by atoms with Gasteiger partial charge in [0.05, 0.1) is 28.7 Å². The lowest BCUT2D eigenvalue weighted by Crippen LogP contribution is -2.37. The van der Waals surface area contributed by atoms with Gasteiger partial charge in [-0.1, -0.05) is 89.7 Å². The number of esters is 2. The highest BCUT2D eigenvalue weighted by Gasteiger charge is 2.34. The number of aliphatic carboxylic acids is 1. The van der Waals surface area contributed by atoms with Crippen LogP contribution in [0.2, 0.25) is 0 Å². The molecular weight excluding hydrogens is 744 g/mol. The molecule has 306 valence electrons. The summed E-state index contributed by atoms with van der Waals surface area (Å²) in [5, 5.41) is 24.3. The van der Waals surface area contributed by atoms with Gasteiger partial charge in [0.25, 0.3) is 5.69 Å². The number of fused-ring (bicyclic) bond motifs is 1. The zero-order chi connectivity index (χ0) is 41.6. The molecule has 0 radical (unpaired) electrons. The predicted octanol–water partition coefficient (Wildman–Crippen LogP) is 8.09. The van der Waals surface area contributed by atoms with Gasteiger partial charge in [0, 0.05) is 24.1 Å². The number of ether oxygens (including phenoxy) is 2. The second kappa shape index (κ2) is 22.2. The zero-order valence-electron chi connectivity index (χ0n) is 30.2. The van der Waals surface area contributed by atoms with Gasteiger partial charge in [-0.15, -0.1) is 0 Å². The third kappa shape index (κ3) is 17.6. The Morgan fingerprint density at radius 1 is 0.745 bits per heavy atom. The number of carboxylic acid groups (broad SMARTS) is 1. The molecule has 0 aromatic heterocycles. The summed E-state index contributed by atoms with van der Waals surface area (Å²) in [6, 6.07) is 19.7. The maximum Gasteiger partial charge on any atom is 0.422 e. The van der Waals surface area contributed by atoms with E-state index in [2.05, 4.69) is 45.1 Å². The van der Waals surface area contributed by atoms with E-state index >= 15 is 0 Å². The normalized spacial score (nSPS) is 14.3. The molecule has 0 unspecified atom stereocenters. The monoisotopic (exact) mass is 791 g/mol. The maximum atomic E-state index is 12.2. The van der Waals surface area contributed by atoms with Gasteiger partial charge in [-0.3, -0.25) is 29.3 Å². The van der Waals surface area contributed by atoms with E-state index < -0.39 is 84.0 Å². The van der Waals surface area contributed by atoms with E-state index in [0.717, 1.165) is 0 Å². The summed E-state index contributed by atoms with van der Waals surface area (Å²) in [5.74, 6) is -8.26. The molecule has 3 rings (SSSR count). The van der Waals surface area contributed by atoms with Gasteiger partial charge < -0.3 is 25.6 Å². The lowest BCUT2D eigenvalue weighted by atomic mass is 9.94. The maximum absolute atomic E-state index is 12.2. The molecule has 18 heteroatoms. The average Bonchev–Trinajstić information content (AvgIpc) is 3.10. The number of non-ortho nitro benzene ring substituents is 1. The van der Waals surface area contributed by atoms with Crippen LogP contribution >= 0.6 is 0 Å². The van der Waals surface area contributed by atoms with Crippen molar-refractivity contribution < 1.29 is 65.0 Å². The van der Waals surface area contributed by atoms with Crippen molar-refractivity contribution in [2.75, 3.05) is 13.2 Å². The van der Waals surface area contributed by atoms with Crippen LogP contribution < -0.4 is 11.1 Å². The third-order valence-electron chi connectivity index (χ3n) is 8.08. The van der Waals surface area contributed by atoms with Crippen LogP contribution in [0.25, 0.3) is 10.8 Å². The summed E-state index contributed by atoms with van der Waals surface area (Å²) >= 11 is 0. The van der Waals surface area contributed by atoms with Crippen molar-refractivity contribution in [3.8, 4) is 0 Å². The van der Waals surface area contributed by atoms with Crippen LogP contribution in [-0.2, 0) is 28.7 Å². The van der Waals surface area contributed by atoms with Crippen molar-refractivity contribution in [1.82, 2.24) is 5.32 Å². The topological polar surface area (TPSA) is 188 Å². The van der Waals surface area contributed by atoms with E-state index in [1.54, 1.807) is 6.92 Å². The summed E-state index contributed by atoms with van der Waals surface area (Å²) < 4.78 is 79.2. The van der Waals surface area contributed by atoms with Gasteiger partial charge in [-0.2, -0.15) is 26.3 Å². The molecule has 3 aromatic carbocycles. The molecule has 1 amide bonds. The number of carboxylic acids is 1. The zero-order valence-corrected chi connectivity index (χ0v) is 30.2. The van der Waals surface area contributed by atoms with Crippen LogP contribution in [0.1, 0.15) is 72.2 Å². The number of nitro benzene ring substituents is 1. The lowest BCUT2D eigenvalue weighted by molar-refractivity contribution is -0.384. The van der Waals surface area contributed by atoms with Crippen molar-refractivity contribution in [3.05, 3.63) is 88.0 Å². The smallest absolute Gasteiger partial charge is 0.422 e. The van der Waals surface area contributed by atoms with E-state index in [1.807, 2.05) is 19.1 Å². The van der Waals surface area contributed by atoms with Crippen molar-refractivity contribution >= 4 is 40.3 Å². The molecule has 0 saturated heterocycles. The van der Waals surface area contributed by atoms with Crippen LogP contribution in [0.4, 0.5) is 32.0 Å². The highest BCUT2D eigenvalue weighted by Crippen LogP contribution is 2.24. The fourth-order valence-corrected chi connectivity index (χ4v) is 4.38. The van der Waals surface area contributed by atoms with Crippen molar-refractivity contribution in [1.29, 1.82) is 0 Å². The molecule has 0 heterocycles. The highest BCUT2D eigenvalue weighted by molar-refractivity contribution is 5.86. The molecule has 0 spiro atoms. The van der Waals surface area contributed by atoms with Gasteiger partial charge >= 0.3 is 30.3 Å². The number of nitrogens with two attached hydrogens (primary N) is 1. The number of nitro groups is 1. The summed E-state index contributed by atoms with van der Waals surface area (Å²) in [5.41, 5.74) is 7.61. The summed E-state index contributed by atoms with van der Waals surface area (Å²) in [6.07, 6.45) is -9.23. The Kier molecular flexibility index (Phi) is 20.1. The molecule has 3 aromatic rings. The Labute approximate surface area is 314 Å². The van der Waals surface area contributed by atoms with Crippen molar-refractivity contribution in [2.24, 2.45) is 29.4 Å². The van der Waals surface area contributed by atoms with Gasteiger partial charge in [0.1, 0.15) is 0 Å². The molecule has 0 aliphatic rings. The first kappa shape index (κ1) is 49.7. The van der Waals surface area contributed by atoms with Crippen LogP contribution in [0, 0.1) is 33.8 Å². The largest absolute Gasteiger partial charge is 0.481 e. The van der Waals surface area contributed by atoms with E-state index in [9.17, 15) is 55.6 Å². The van der Waals surface area contributed by atoms with E-state index in [0.29, 0.717) is 5.56 Å². The SMILES string of the molecule is C.C[C@@H](N)c1cccc2ccccc12.C[C@H](C(=O)N[C@H](C)c1ccc([N+](=O)[O-])cc1)[C@H](C)C(=O)OCC(F)(F)F.C[C@H](C(=O)OCC(F)(F)F)[C@@H](C)C(=O)O. The van der Waals surface area contributed by atoms with Crippen LogP contribution in [0.15, 0.2) is 66.7 Å². The quantitative estimate of drug-likeness (QED) is 0.0700. The number of hydrogen-bond acceptors (Lipinski definition) is 9. The van der Waals surface area contributed by atoms with Crippen LogP contribution in [0.5, 0.6) is 0 Å². The second-order valence-corrected chi connectivity index (χ2v) is 12.4. The predicted molar refractivity (Wildman–Crippen MR) is 191 cm³/mol. The molecule has 0 fully saturated rings. The number of rotatable bonds is 12. The first-order valence-electron chi connectivity index (χ1n) is 16.3. The number of amides is 1. The Bertz CT molecular complexity index is 1710. The number of nitrogens with zero attached hydrogens (tertiary/aromatic N) is 1. The minimum Gasteiger partial charge on any atom is -0.481 e. The number of benzene rings is 3. The molecule has 12 nitrogen and oxygen atoms in total. The Morgan fingerprint density at radius 2 is 1.20 bits per heavy atom. The fraction of sp³-hybridized carbons (Fsp3) is 0.459. The van der Waals surface area contributed by atoms with Crippen molar-refractivity contribution in [3.63, 3.8) is 0 Å². The number of carbonyl (C=O) groups is 4. The molecule has 55 heavy (non-hydrogen) atoms.